The van der Waals surface area contributed by atoms with Gasteiger partial charge in [0, 0.05) is 23.8 Å². The highest BCUT2D eigenvalue weighted by Crippen LogP contribution is 2.22. The van der Waals surface area contributed by atoms with Crippen molar-refractivity contribution in [1.29, 1.82) is 0 Å². The first-order valence-corrected chi connectivity index (χ1v) is 8.06. The van der Waals surface area contributed by atoms with Crippen molar-refractivity contribution in [2.45, 2.75) is 20.8 Å². The molecule has 0 spiro atoms. The van der Waals surface area contributed by atoms with E-state index in [0.29, 0.717) is 11.5 Å². The molecule has 0 aliphatic rings. The lowest BCUT2D eigenvalue weighted by atomic mass is 10.1. The fourth-order valence-electron chi connectivity index (χ4n) is 2.56. The van der Waals surface area contributed by atoms with Crippen molar-refractivity contribution in [3.63, 3.8) is 0 Å². The number of hydrogen-bond donors (Lipinski definition) is 2. The molecule has 1 amide bonds. The first kappa shape index (κ1) is 16.6. The van der Waals surface area contributed by atoms with E-state index in [2.05, 4.69) is 20.6 Å². The number of hydrogen-bond acceptors (Lipinski definition) is 4. The van der Waals surface area contributed by atoms with Crippen molar-refractivity contribution in [3.05, 3.63) is 77.1 Å². The first-order chi connectivity index (χ1) is 12.0. The van der Waals surface area contributed by atoms with Crippen LogP contribution in [-0.4, -0.2) is 15.9 Å². The van der Waals surface area contributed by atoms with Gasteiger partial charge in [0.1, 0.15) is 0 Å². The number of para-hydroxylation sites is 1. The number of aromatic nitrogens is 2. The molecule has 25 heavy (non-hydrogen) atoms. The zero-order valence-electron chi connectivity index (χ0n) is 14.5. The molecule has 0 fully saturated rings. The van der Waals surface area contributed by atoms with Crippen molar-refractivity contribution in [2.75, 3.05) is 10.6 Å². The fraction of sp³-hybridized carbons (Fsp3) is 0.150. The van der Waals surface area contributed by atoms with Crippen LogP contribution in [0.3, 0.4) is 0 Å². The second-order valence-electron chi connectivity index (χ2n) is 6.01. The minimum atomic E-state index is -0.232. The maximum Gasteiger partial charge on any atom is 0.258 e. The largest absolute Gasteiger partial charge is 0.324 e. The summed E-state index contributed by atoms with van der Waals surface area (Å²) < 4.78 is 0. The second kappa shape index (κ2) is 7.13. The minimum absolute atomic E-state index is 0.232. The number of carbonyl (C=O) groups excluding carboxylic acids is 1. The number of aryl methyl sites for hydroxylation is 3. The van der Waals surface area contributed by atoms with Gasteiger partial charge in [0.25, 0.3) is 5.91 Å². The molecule has 0 bridgehead atoms. The molecule has 5 heteroatoms. The summed E-state index contributed by atoms with van der Waals surface area (Å²) in [4.78, 5) is 20.8. The molecule has 0 saturated heterocycles. The number of amides is 1. The second-order valence-corrected chi connectivity index (χ2v) is 6.01. The number of rotatable bonds is 4. The third kappa shape index (κ3) is 4.01. The lowest BCUT2D eigenvalue weighted by Gasteiger charge is -2.11. The van der Waals surface area contributed by atoms with Gasteiger partial charge in [-0.05, 0) is 49.6 Å². The Morgan fingerprint density at radius 3 is 2.20 bits per heavy atom. The molecule has 0 atom stereocenters. The molecule has 126 valence electrons. The molecule has 0 unspecified atom stereocenters. The summed E-state index contributed by atoms with van der Waals surface area (Å²) in [6.07, 6.45) is 3.04. The molecule has 0 radical (unpaired) electrons. The molecule has 0 saturated carbocycles. The summed E-state index contributed by atoms with van der Waals surface area (Å²) in [7, 11) is 0. The highest BCUT2D eigenvalue weighted by molar-refractivity contribution is 6.03. The smallest absolute Gasteiger partial charge is 0.258 e. The maximum atomic E-state index is 12.3. The van der Waals surface area contributed by atoms with Gasteiger partial charge in [-0.2, -0.15) is 0 Å². The lowest BCUT2D eigenvalue weighted by molar-refractivity contribution is 0.102. The molecule has 0 aliphatic heterocycles. The Balaban J connectivity index is 1.72. The van der Waals surface area contributed by atoms with Crippen LogP contribution in [0.25, 0.3) is 0 Å². The minimum Gasteiger partial charge on any atom is -0.324 e. The van der Waals surface area contributed by atoms with E-state index < -0.39 is 0 Å². The van der Waals surface area contributed by atoms with Gasteiger partial charge >= 0.3 is 0 Å². The number of benzene rings is 2. The van der Waals surface area contributed by atoms with Gasteiger partial charge in [0.2, 0.25) is 5.95 Å². The van der Waals surface area contributed by atoms with E-state index in [1.807, 2.05) is 63.2 Å². The topological polar surface area (TPSA) is 66.9 Å². The molecule has 1 heterocycles. The van der Waals surface area contributed by atoms with Crippen LogP contribution in [0.2, 0.25) is 0 Å². The normalized spacial score (nSPS) is 10.4. The Morgan fingerprint density at radius 1 is 0.920 bits per heavy atom. The third-order valence-corrected chi connectivity index (χ3v) is 3.91. The lowest BCUT2D eigenvalue weighted by Crippen LogP contribution is -2.13. The van der Waals surface area contributed by atoms with Gasteiger partial charge in [-0.1, -0.05) is 30.3 Å². The number of carbonyl (C=O) groups is 1. The van der Waals surface area contributed by atoms with E-state index in [0.717, 1.165) is 28.1 Å². The monoisotopic (exact) mass is 332 g/mol. The van der Waals surface area contributed by atoms with Gasteiger partial charge in [0.05, 0.1) is 5.56 Å². The van der Waals surface area contributed by atoms with E-state index in [1.54, 1.807) is 0 Å². The standard InChI is InChI=1S/C20H20N4O/c1-13-6-4-9-17(10-13)23-19(25)16-11-21-20(22-12-16)24-18-14(2)7-5-8-15(18)3/h4-12H,1-3H3,(H,23,25)(H,21,22,24). The van der Waals surface area contributed by atoms with Crippen molar-refractivity contribution in [3.8, 4) is 0 Å². The van der Waals surface area contributed by atoms with Gasteiger partial charge < -0.3 is 10.6 Å². The predicted molar refractivity (Wildman–Crippen MR) is 100 cm³/mol. The van der Waals surface area contributed by atoms with Crippen LogP contribution >= 0.6 is 0 Å². The number of anilines is 3. The van der Waals surface area contributed by atoms with Crippen molar-refractivity contribution >= 4 is 23.2 Å². The predicted octanol–water partition coefficient (Wildman–Crippen LogP) is 4.40. The highest BCUT2D eigenvalue weighted by atomic mass is 16.1. The van der Waals surface area contributed by atoms with E-state index in [-0.39, 0.29) is 5.91 Å². The van der Waals surface area contributed by atoms with Crippen LogP contribution < -0.4 is 10.6 Å². The summed E-state index contributed by atoms with van der Waals surface area (Å²) in [6, 6.07) is 13.7. The molecule has 3 aromatic rings. The zero-order valence-corrected chi connectivity index (χ0v) is 14.5. The maximum absolute atomic E-state index is 12.3. The van der Waals surface area contributed by atoms with Crippen LogP contribution in [0.15, 0.2) is 54.9 Å². The molecular formula is C20H20N4O. The summed E-state index contributed by atoms with van der Waals surface area (Å²) in [5.74, 6) is 0.230. The fourth-order valence-corrected chi connectivity index (χ4v) is 2.56. The van der Waals surface area contributed by atoms with E-state index >= 15 is 0 Å². The van der Waals surface area contributed by atoms with E-state index in [9.17, 15) is 4.79 Å². The van der Waals surface area contributed by atoms with Crippen LogP contribution in [-0.2, 0) is 0 Å². The van der Waals surface area contributed by atoms with Gasteiger partial charge in [-0.15, -0.1) is 0 Å². The average molecular weight is 332 g/mol. The summed E-state index contributed by atoms with van der Waals surface area (Å²) in [5, 5.41) is 6.06. The third-order valence-electron chi connectivity index (χ3n) is 3.91. The zero-order chi connectivity index (χ0) is 17.8. The molecule has 1 aromatic heterocycles. The Morgan fingerprint density at radius 2 is 1.56 bits per heavy atom. The van der Waals surface area contributed by atoms with Gasteiger partial charge in [-0.25, -0.2) is 9.97 Å². The molecule has 3 rings (SSSR count). The van der Waals surface area contributed by atoms with Crippen LogP contribution in [0.5, 0.6) is 0 Å². The van der Waals surface area contributed by atoms with E-state index in [1.165, 1.54) is 12.4 Å². The highest BCUT2D eigenvalue weighted by Gasteiger charge is 2.09. The van der Waals surface area contributed by atoms with Crippen LogP contribution in [0.1, 0.15) is 27.0 Å². The molecule has 2 aromatic carbocycles. The first-order valence-electron chi connectivity index (χ1n) is 8.06. The van der Waals surface area contributed by atoms with Gasteiger partial charge in [0.15, 0.2) is 0 Å². The molecule has 2 N–H and O–H groups in total. The van der Waals surface area contributed by atoms with Crippen LogP contribution in [0.4, 0.5) is 17.3 Å². The van der Waals surface area contributed by atoms with Gasteiger partial charge in [-0.3, -0.25) is 4.79 Å². The van der Waals surface area contributed by atoms with Crippen molar-refractivity contribution in [2.24, 2.45) is 0 Å². The summed E-state index contributed by atoms with van der Waals surface area (Å²) in [5.41, 5.74) is 5.47. The number of nitrogens with one attached hydrogen (secondary N) is 2. The summed E-state index contributed by atoms with van der Waals surface area (Å²) in [6.45, 7) is 6.03. The number of nitrogens with zero attached hydrogens (tertiary/aromatic N) is 2. The molecule has 0 aliphatic carbocycles. The van der Waals surface area contributed by atoms with Crippen molar-refractivity contribution in [1.82, 2.24) is 9.97 Å². The van der Waals surface area contributed by atoms with E-state index in [4.69, 9.17) is 0 Å². The molecular weight excluding hydrogens is 312 g/mol. The average Bonchev–Trinajstić information content (AvgIpc) is 2.59. The Kier molecular flexibility index (Phi) is 4.75. The summed E-state index contributed by atoms with van der Waals surface area (Å²) >= 11 is 0. The van der Waals surface area contributed by atoms with Crippen LogP contribution in [0, 0.1) is 20.8 Å². The van der Waals surface area contributed by atoms with Crippen molar-refractivity contribution < 1.29 is 4.79 Å². The SMILES string of the molecule is Cc1cccc(NC(=O)c2cnc(Nc3c(C)cccc3C)nc2)c1. The Labute approximate surface area is 147 Å². The quantitative estimate of drug-likeness (QED) is 0.743. The Bertz CT molecular complexity index is 884. The molecule has 5 nitrogen and oxygen atoms in total. The Hall–Kier alpha value is -3.21.